The summed E-state index contributed by atoms with van der Waals surface area (Å²) in [4.78, 5) is 54.8. The molecule has 0 spiro atoms. The van der Waals surface area contributed by atoms with Crippen molar-refractivity contribution in [3.63, 3.8) is 0 Å². The van der Waals surface area contributed by atoms with E-state index in [9.17, 15) is 27.6 Å². The molecule has 0 aromatic heterocycles. The quantitative estimate of drug-likeness (QED) is 0.0258. The maximum Gasteiger partial charge on any atom is 0.334 e. The molecule has 16 nitrogen and oxygen atoms in total. The summed E-state index contributed by atoms with van der Waals surface area (Å²) >= 11 is 0. The van der Waals surface area contributed by atoms with Crippen LogP contribution in [0.1, 0.15) is 308 Å². The number of rotatable bonds is 49. The van der Waals surface area contributed by atoms with Crippen LogP contribution in [0.5, 0.6) is 0 Å². The topological polar surface area (TPSA) is 195 Å². The van der Waals surface area contributed by atoms with Crippen molar-refractivity contribution in [1.29, 1.82) is 0 Å². The van der Waals surface area contributed by atoms with Gasteiger partial charge in [-0.25, -0.2) is 19.2 Å². The number of allylic oxidation sites excluding steroid dienone is 3. The van der Waals surface area contributed by atoms with Gasteiger partial charge in [0.05, 0.1) is 71.5 Å². The van der Waals surface area contributed by atoms with Gasteiger partial charge in [-0.15, -0.1) is 0 Å². The van der Waals surface area contributed by atoms with Gasteiger partial charge in [-0.05, 0) is 281 Å². The largest absolute Gasteiger partial charge is 0.456 e. The Bertz CT molecular complexity index is 3110. The Balaban J connectivity index is 1.91. The number of carbonyl (C=O) groups excluding carboxylic acids is 4. The van der Waals surface area contributed by atoms with E-state index in [0.29, 0.717) is 55.6 Å². The van der Waals surface area contributed by atoms with Crippen molar-refractivity contribution in [2.24, 2.45) is 41.4 Å². The van der Waals surface area contributed by atoms with Gasteiger partial charge < -0.3 is 42.6 Å². The van der Waals surface area contributed by atoms with Crippen molar-refractivity contribution in [3.8, 4) is 0 Å². The smallest absolute Gasteiger partial charge is 0.334 e. The third-order valence-corrected chi connectivity index (χ3v) is 23.9. The second kappa shape index (κ2) is 37.1. The standard InChI is InChI=1S/C85H142O16S/c1-29-59(30-2)58(8)72(86)97-76(9,10)46-51-92-81(19,20)56-69(83(23,24)94-53-47-77(11,12)98-73(87)66-43-38-61(66)33-5)71(85(27,28)96-55-49-79(15,16)100-75(89)68-45-40-63(68)35-7)70(84(25,26)95-54-48-78(13,14)99-74(88)67-44-39-62(67)34-6)57-82(21,22)93-52-50-80(17,18)101-102(90,91)65-41-36-64(37-42-65)60(31-3)32-4/h36-37,41-45,59-63,69-71H,8,29-35,38-40,46-57H2,1-7,9-28H3. The molecule has 3 aliphatic carbocycles. The fraction of sp³-hybridized carbons (Fsp3) is 0.788. The van der Waals surface area contributed by atoms with Crippen LogP contribution < -0.4 is 0 Å². The second-order valence-electron chi connectivity index (χ2n) is 35.5. The summed E-state index contributed by atoms with van der Waals surface area (Å²) in [5, 5.41) is 0. The van der Waals surface area contributed by atoms with Crippen LogP contribution in [-0.4, -0.2) is 121 Å². The molecule has 0 N–H and O–H groups in total. The molecule has 6 unspecified atom stereocenters. The molecule has 0 heterocycles. The molecular weight excluding hydrogens is 1310 g/mol. The van der Waals surface area contributed by atoms with Gasteiger partial charge in [-0.1, -0.05) is 85.4 Å². The predicted octanol–water partition coefficient (Wildman–Crippen LogP) is 20.0. The fourth-order valence-corrected chi connectivity index (χ4v) is 16.0. The number of hydrogen-bond donors (Lipinski definition) is 0. The Kier molecular flexibility index (Phi) is 32.8. The van der Waals surface area contributed by atoms with E-state index in [1.807, 2.05) is 99.6 Å². The summed E-state index contributed by atoms with van der Waals surface area (Å²) in [5.41, 5.74) is -5.96. The molecule has 0 amide bonds. The molecule has 0 saturated carbocycles. The van der Waals surface area contributed by atoms with E-state index < -0.39 is 89.9 Å². The monoisotopic (exact) mass is 1450 g/mol. The molecule has 17 heteroatoms. The average molecular weight is 1450 g/mol. The van der Waals surface area contributed by atoms with E-state index in [-0.39, 0.29) is 85.9 Å². The van der Waals surface area contributed by atoms with Crippen LogP contribution in [0.3, 0.4) is 0 Å². The molecule has 1 aromatic carbocycles. The molecule has 6 atom stereocenters. The van der Waals surface area contributed by atoms with Gasteiger partial charge >= 0.3 is 23.9 Å². The summed E-state index contributed by atoms with van der Waals surface area (Å²) < 4.78 is 95.4. The summed E-state index contributed by atoms with van der Waals surface area (Å²) in [6.07, 6.45) is 17.0. The van der Waals surface area contributed by atoms with E-state index >= 15 is 0 Å². The number of ether oxygens (including phenoxy) is 9. The summed E-state index contributed by atoms with van der Waals surface area (Å²) in [6.45, 7) is 59.5. The molecular formula is C85H142O16S. The normalized spacial score (nSPS) is 18.4. The minimum Gasteiger partial charge on any atom is -0.456 e. The Morgan fingerprint density at radius 2 is 0.735 bits per heavy atom. The first-order valence-electron chi connectivity index (χ1n) is 38.9. The molecule has 0 fully saturated rings. The van der Waals surface area contributed by atoms with Crippen molar-refractivity contribution in [2.75, 3.05) is 33.0 Å². The zero-order chi connectivity index (χ0) is 77.5. The minimum atomic E-state index is -4.17. The summed E-state index contributed by atoms with van der Waals surface area (Å²) in [7, 11) is -4.17. The third kappa shape index (κ3) is 26.9. The highest BCUT2D eigenvalue weighted by Gasteiger charge is 2.55. The van der Waals surface area contributed by atoms with Crippen molar-refractivity contribution in [3.05, 3.63) is 76.9 Å². The van der Waals surface area contributed by atoms with Crippen molar-refractivity contribution in [2.45, 2.75) is 363 Å². The zero-order valence-electron chi connectivity index (χ0n) is 68.9. The molecule has 1 aromatic rings. The summed E-state index contributed by atoms with van der Waals surface area (Å²) in [5.74, 6) is -1.90. The lowest BCUT2D eigenvalue weighted by Crippen LogP contribution is -2.58. The highest BCUT2D eigenvalue weighted by atomic mass is 32.2. The van der Waals surface area contributed by atoms with E-state index in [1.165, 1.54) is 0 Å². The first-order valence-corrected chi connectivity index (χ1v) is 40.3. The molecule has 4 rings (SSSR count). The highest BCUT2D eigenvalue weighted by molar-refractivity contribution is 7.86. The number of hydrogen-bond acceptors (Lipinski definition) is 16. The van der Waals surface area contributed by atoms with Crippen LogP contribution in [0.15, 0.2) is 76.3 Å². The van der Waals surface area contributed by atoms with Gasteiger partial charge in [0.2, 0.25) is 0 Å². The number of benzene rings is 1. The predicted molar refractivity (Wildman–Crippen MR) is 408 cm³/mol. The van der Waals surface area contributed by atoms with Crippen LogP contribution in [0.25, 0.3) is 0 Å². The molecule has 0 radical (unpaired) electrons. The molecule has 584 valence electrons. The minimum absolute atomic E-state index is 0.0157. The van der Waals surface area contributed by atoms with Crippen molar-refractivity contribution >= 4 is 34.0 Å². The van der Waals surface area contributed by atoms with E-state index in [0.717, 1.165) is 80.9 Å². The maximum absolute atomic E-state index is 14.0. The van der Waals surface area contributed by atoms with Crippen LogP contribution in [0, 0.1) is 41.4 Å². The van der Waals surface area contributed by atoms with Crippen LogP contribution in [-0.2, 0) is 76.1 Å². The molecule has 0 aliphatic heterocycles. The number of carbonyl (C=O) groups is 4. The van der Waals surface area contributed by atoms with Crippen LogP contribution >= 0.6 is 0 Å². The van der Waals surface area contributed by atoms with Crippen LogP contribution in [0.4, 0.5) is 0 Å². The molecule has 3 aliphatic rings. The van der Waals surface area contributed by atoms with E-state index in [4.69, 9.17) is 46.8 Å². The number of esters is 4. The average Bonchev–Trinajstić information content (AvgIpc) is 0.756. The molecule has 0 bridgehead atoms. The molecule has 102 heavy (non-hydrogen) atoms. The maximum atomic E-state index is 14.0. The summed E-state index contributed by atoms with van der Waals surface area (Å²) in [6, 6.07) is 7.02. The van der Waals surface area contributed by atoms with Gasteiger partial charge in [0.15, 0.2) is 0 Å². The van der Waals surface area contributed by atoms with Gasteiger partial charge in [0.25, 0.3) is 10.1 Å². The van der Waals surface area contributed by atoms with Crippen molar-refractivity contribution < 1.29 is 74.4 Å². The molecule has 0 saturated heterocycles. The lowest BCUT2D eigenvalue weighted by atomic mass is 9.58. The van der Waals surface area contributed by atoms with Gasteiger partial charge in [-0.2, -0.15) is 8.42 Å². The Labute approximate surface area is 619 Å². The van der Waals surface area contributed by atoms with Gasteiger partial charge in [-0.3, -0.25) is 4.18 Å². The Hall–Kier alpha value is -4.23. The first kappa shape index (κ1) is 90.2. The SMILES string of the molecule is C=C(C(=O)OC(C)(C)CCOC(C)(C)CC(C(C(CC(C)(C)OCCC(C)(C)OS(=O)(=O)c1ccc(C(CC)CC)cc1)C(C)(C)OCCC(C)(C)OC(=O)C1=CCC1CC)C(C)(C)OCCC(C)(C)OC(=O)C1=CCC1CC)C(C)(C)OCCC(C)(C)OC(=O)C1=CCC1CC)C(CC)CC. The third-order valence-electron chi connectivity index (χ3n) is 22.4. The lowest BCUT2D eigenvalue weighted by molar-refractivity contribution is -0.213. The lowest BCUT2D eigenvalue weighted by Gasteiger charge is -2.55. The second-order valence-corrected chi connectivity index (χ2v) is 37.0. The Morgan fingerprint density at radius 1 is 0.422 bits per heavy atom. The highest BCUT2D eigenvalue weighted by Crippen LogP contribution is 2.52. The fourth-order valence-electron chi connectivity index (χ4n) is 14.7. The van der Waals surface area contributed by atoms with E-state index in [2.05, 4.69) is 110 Å². The van der Waals surface area contributed by atoms with Crippen LogP contribution in [0.2, 0.25) is 0 Å². The van der Waals surface area contributed by atoms with Gasteiger partial charge in [0, 0.05) is 54.4 Å². The zero-order valence-corrected chi connectivity index (χ0v) is 69.7. The first-order chi connectivity index (χ1) is 46.9. The van der Waals surface area contributed by atoms with Gasteiger partial charge in [0.1, 0.15) is 22.4 Å². The van der Waals surface area contributed by atoms with Crippen molar-refractivity contribution in [1.82, 2.24) is 0 Å². The van der Waals surface area contributed by atoms with E-state index in [1.54, 1.807) is 26.0 Å². The Morgan fingerprint density at radius 3 is 1.04 bits per heavy atom.